The molecule has 4 heteroatoms. The Morgan fingerprint density at radius 1 is 1.12 bits per heavy atom. The van der Waals surface area contributed by atoms with E-state index in [1.54, 1.807) is 0 Å². The van der Waals surface area contributed by atoms with E-state index in [2.05, 4.69) is 74.5 Å². The molecule has 136 valence electrons. The molecule has 4 nitrogen and oxygen atoms in total. The van der Waals surface area contributed by atoms with Crippen molar-refractivity contribution >= 4 is 0 Å². The lowest BCUT2D eigenvalue weighted by Crippen LogP contribution is -2.25. The van der Waals surface area contributed by atoms with E-state index in [4.69, 9.17) is 10.8 Å². The minimum Gasteiger partial charge on any atom is -0.330 e. The standard InChI is InChI=1S/C21H32N4/c1-15-19(16(2)25(23-15)21(3,4)5)13-24-12-18(11-22)20(14-24)17-9-7-6-8-10-17/h6-10,18,20H,11-14,22H2,1-5H3/t18-,20+/m1/s1. The summed E-state index contributed by atoms with van der Waals surface area (Å²) in [7, 11) is 0. The molecule has 1 aliphatic heterocycles. The van der Waals surface area contributed by atoms with Crippen LogP contribution >= 0.6 is 0 Å². The molecule has 1 saturated heterocycles. The number of hydrogen-bond acceptors (Lipinski definition) is 3. The largest absolute Gasteiger partial charge is 0.330 e. The molecule has 0 radical (unpaired) electrons. The van der Waals surface area contributed by atoms with E-state index in [0.29, 0.717) is 11.8 Å². The first-order chi connectivity index (χ1) is 11.8. The Balaban J connectivity index is 1.80. The highest BCUT2D eigenvalue weighted by atomic mass is 15.3. The maximum Gasteiger partial charge on any atom is 0.0641 e. The van der Waals surface area contributed by atoms with Crippen LogP contribution in [-0.2, 0) is 12.1 Å². The molecule has 0 aliphatic carbocycles. The molecule has 0 bridgehead atoms. The van der Waals surface area contributed by atoms with E-state index in [9.17, 15) is 0 Å². The van der Waals surface area contributed by atoms with Crippen LogP contribution in [0.3, 0.4) is 0 Å². The molecule has 2 atom stereocenters. The predicted molar refractivity (Wildman–Crippen MR) is 104 cm³/mol. The summed E-state index contributed by atoms with van der Waals surface area (Å²) in [5.74, 6) is 1.06. The molecule has 2 N–H and O–H groups in total. The van der Waals surface area contributed by atoms with Crippen LogP contribution in [0, 0.1) is 19.8 Å². The monoisotopic (exact) mass is 340 g/mol. The molecule has 1 aromatic carbocycles. The average molecular weight is 341 g/mol. The fraction of sp³-hybridized carbons (Fsp3) is 0.571. The van der Waals surface area contributed by atoms with E-state index in [1.807, 2.05) is 0 Å². The maximum absolute atomic E-state index is 6.10. The van der Waals surface area contributed by atoms with Gasteiger partial charge in [-0.05, 0) is 52.6 Å². The van der Waals surface area contributed by atoms with Crippen LogP contribution in [0.4, 0.5) is 0 Å². The van der Waals surface area contributed by atoms with Crippen LogP contribution in [0.15, 0.2) is 30.3 Å². The molecule has 0 spiro atoms. The SMILES string of the molecule is Cc1nn(C(C)(C)C)c(C)c1CN1C[C@@H](CN)[C@H](c2ccccc2)C1. The Morgan fingerprint density at radius 2 is 1.80 bits per heavy atom. The summed E-state index contributed by atoms with van der Waals surface area (Å²) in [5.41, 5.74) is 11.3. The number of aromatic nitrogens is 2. The predicted octanol–water partition coefficient (Wildman–Crippen LogP) is 3.43. The van der Waals surface area contributed by atoms with Gasteiger partial charge in [-0.3, -0.25) is 9.58 Å². The number of nitrogens with zero attached hydrogens (tertiary/aromatic N) is 3. The van der Waals surface area contributed by atoms with Gasteiger partial charge in [0.2, 0.25) is 0 Å². The zero-order valence-electron chi connectivity index (χ0n) is 16.3. The van der Waals surface area contributed by atoms with Gasteiger partial charge in [0.15, 0.2) is 0 Å². The minimum absolute atomic E-state index is 0.0183. The fourth-order valence-electron chi connectivity index (χ4n) is 4.19. The van der Waals surface area contributed by atoms with Crippen molar-refractivity contribution in [3.8, 4) is 0 Å². The normalized spacial score (nSPS) is 21.8. The highest BCUT2D eigenvalue weighted by molar-refractivity contribution is 5.27. The van der Waals surface area contributed by atoms with Gasteiger partial charge in [0.1, 0.15) is 0 Å². The van der Waals surface area contributed by atoms with Gasteiger partial charge in [-0.1, -0.05) is 30.3 Å². The van der Waals surface area contributed by atoms with Crippen molar-refractivity contribution < 1.29 is 0 Å². The van der Waals surface area contributed by atoms with Gasteiger partial charge in [0.25, 0.3) is 0 Å². The van der Waals surface area contributed by atoms with Crippen molar-refractivity contribution in [3.05, 3.63) is 52.8 Å². The third-order valence-corrected chi connectivity index (χ3v) is 5.51. The summed E-state index contributed by atoms with van der Waals surface area (Å²) in [6.45, 7) is 14.8. The quantitative estimate of drug-likeness (QED) is 0.927. The molecule has 3 rings (SSSR count). The molecule has 25 heavy (non-hydrogen) atoms. The van der Waals surface area contributed by atoms with E-state index in [0.717, 1.165) is 31.9 Å². The molecule has 0 amide bonds. The van der Waals surface area contributed by atoms with Crippen LogP contribution in [-0.4, -0.2) is 34.3 Å². The first kappa shape index (κ1) is 18.2. The van der Waals surface area contributed by atoms with Crippen molar-refractivity contribution in [2.45, 2.75) is 52.6 Å². The Morgan fingerprint density at radius 3 is 2.36 bits per heavy atom. The van der Waals surface area contributed by atoms with Gasteiger partial charge in [-0.15, -0.1) is 0 Å². The lowest BCUT2D eigenvalue weighted by molar-refractivity contribution is 0.313. The van der Waals surface area contributed by atoms with Crippen molar-refractivity contribution in [1.82, 2.24) is 14.7 Å². The highest BCUT2D eigenvalue weighted by Crippen LogP contribution is 2.33. The first-order valence-electron chi connectivity index (χ1n) is 9.34. The highest BCUT2D eigenvalue weighted by Gasteiger charge is 2.33. The number of nitrogens with two attached hydrogens (primary N) is 1. The molecule has 0 unspecified atom stereocenters. The third-order valence-electron chi connectivity index (χ3n) is 5.51. The van der Waals surface area contributed by atoms with E-state index in [-0.39, 0.29) is 5.54 Å². The number of aryl methyl sites for hydroxylation is 1. The summed E-state index contributed by atoms with van der Waals surface area (Å²) in [4.78, 5) is 2.55. The van der Waals surface area contributed by atoms with Gasteiger partial charge in [-0.2, -0.15) is 5.10 Å². The summed E-state index contributed by atoms with van der Waals surface area (Å²) >= 11 is 0. The van der Waals surface area contributed by atoms with E-state index < -0.39 is 0 Å². The van der Waals surface area contributed by atoms with Gasteiger partial charge >= 0.3 is 0 Å². The van der Waals surface area contributed by atoms with Crippen molar-refractivity contribution in [2.24, 2.45) is 11.7 Å². The average Bonchev–Trinajstić information content (AvgIpc) is 3.11. The number of hydrogen-bond donors (Lipinski definition) is 1. The van der Waals surface area contributed by atoms with Crippen molar-refractivity contribution in [3.63, 3.8) is 0 Å². The lowest BCUT2D eigenvalue weighted by atomic mass is 9.89. The van der Waals surface area contributed by atoms with Gasteiger partial charge in [0, 0.05) is 36.8 Å². The van der Waals surface area contributed by atoms with Crippen LogP contribution in [0.5, 0.6) is 0 Å². The first-order valence-corrected chi connectivity index (χ1v) is 9.34. The van der Waals surface area contributed by atoms with Crippen LogP contribution in [0.2, 0.25) is 0 Å². The maximum atomic E-state index is 6.10. The second-order valence-electron chi connectivity index (χ2n) is 8.44. The number of benzene rings is 1. The van der Waals surface area contributed by atoms with Crippen molar-refractivity contribution in [2.75, 3.05) is 19.6 Å². The summed E-state index contributed by atoms with van der Waals surface area (Å²) < 4.78 is 2.17. The molecule has 1 aromatic heterocycles. The molecule has 2 heterocycles. The topological polar surface area (TPSA) is 47.1 Å². The number of likely N-dealkylation sites (tertiary alicyclic amines) is 1. The smallest absolute Gasteiger partial charge is 0.0641 e. The van der Waals surface area contributed by atoms with Crippen LogP contribution in [0.1, 0.15) is 49.2 Å². The lowest BCUT2D eigenvalue weighted by Gasteiger charge is -2.22. The van der Waals surface area contributed by atoms with E-state index >= 15 is 0 Å². The van der Waals surface area contributed by atoms with Crippen LogP contribution < -0.4 is 5.73 Å². The fourth-order valence-corrected chi connectivity index (χ4v) is 4.19. The Labute approximate surface area is 152 Å². The zero-order valence-corrected chi connectivity index (χ0v) is 16.3. The molecule has 0 saturated carbocycles. The molecular formula is C21H32N4. The summed E-state index contributed by atoms with van der Waals surface area (Å²) in [5, 5.41) is 4.81. The van der Waals surface area contributed by atoms with Gasteiger partial charge < -0.3 is 5.73 Å². The second kappa shape index (κ2) is 6.93. The zero-order chi connectivity index (χ0) is 18.2. The van der Waals surface area contributed by atoms with Gasteiger partial charge in [-0.25, -0.2) is 0 Å². The second-order valence-corrected chi connectivity index (χ2v) is 8.44. The summed E-state index contributed by atoms with van der Waals surface area (Å²) in [6, 6.07) is 10.8. The van der Waals surface area contributed by atoms with Gasteiger partial charge in [0.05, 0.1) is 11.2 Å². The molecule has 1 fully saturated rings. The number of rotatable bonds is 4. The molecule has 1 aliphatic rings. The third kappa shape index (κ3) is 3.65. The Hall–Kier alpha value is -1.65. The van der Waals surface area contributed by atoms with Crippen LogP contribution in [0.25, 0.3) is 0 Å². The minimum atomic E-state index is 0.0183. The molecular weight excluding hydrogens is 308 g/mol. The molecule has 2 aromatic rings. The Kier molecular flexibility index (Phi) is 5.03. The van der Waals surface area contributed by atoms with Crippen molar-refractivity contribution in [1.29, 1.82) is 0 Å². The summed E-state index contributed by atoms with van der Waals surface area (Å²) in [6.07, 6.45) is 0. The van der Waals surface area contributed by atoms with E-state index in [1.165, 1.54) is 16.8 Å². The Bertz CT molecular complexity index is 711.